The molecule has 0 bridgehead atoms. The van der Waals surface area contributed by atoms with Crippen molar-refractivity contribution in [1.29, 1.82) is 0 Å². The lowest BCUT2D eigenvalue weighted by Crippen LogP contribution is -2.17. The van der Waals surface area contributed by atoms with Crippen LogP contribution >= 0.6 is 0 Å². The zero-order valence-corrected chi connectivity index (χ0v) is 14.8. The predicted octanol–water partition coefficient (Wildman–Crippen LogP) is 3.68. The molecule has 0 radical (unpaired) electrons. The standard InChI is InChI=1S/C20H20N6O/c27-15-9-7-14(8-10-15)24-19-16(17-5-1-3-11-21-17)13-23-20(26-19)25-18-6-2-4-12-22-18/h1-6,11-13,15,27H,7-10H2,(H,22,23,25,26). The van der Waals surface area contributed by atoms with Crippen LogP contribution in [0.4, 0.5) is 17.6 Å². The number of nitrogens with one attached hydrogen (secondary N) is 1. The van der Waals surface area contributed by atoms with Crippen LogP contribution in [0.3, 0.4) is 0 Å². The summed E-state index contributed by atoms with van der Waals surface area (Å²) < 4.78 is 0. The minimum Gasteiger partial charge on any atom is -0.393 e. The van der Waals surface area contributed by atoms with Gasteiger partial charge in [-0.15, -0.1) is 0 Å². The third-order valence-corrected chi connectivity index (χ3v) is 4.41. The fourth-order valence-electron chi connectivity index (χ4n) is 2.97. The highest BCUT2D eigenvalue weighted by atomic mass is 16.3. The SMILES string of the molecule is OC1CCC(=Nc2nc(Nc3ccccn3)ncc2-c2ccccn2)CC1. The molecule has 1 saturated carbocycles. The van der Waals surface area contributed by atoms with Crippen LogP contribution in [-0.4, -0.2) is 36.9 Å². The number of nitrogens with zero attached hydrogens (tertiary/aromatic N) is 5. The minimum atomic E-state index is -0.231. The van der Waals surface area contributed by atoms with E-state index in [1.807, 2.05) is 36.4 Å². The minimum absolute atomic E-state index is 0.231. The Bertz CT molecular complexity index is 920. The molecule has 136 valence electrons. The van der Waals surface area contributed by atoms with Gasteiger partial charge in [0, 0.05) is 24.3 Å². The van der Waals surface area contributed by atoms with Crippen LogP contribution in [0.25, 0.3) is 11.3 Å². The lowest BCUT2D eigenvalue weighted by atomic mass is 9.96. The van der Waals surface area contributed by atoms with Gasteiger partial charge >= 0.3 is 0 Å². The molecule has 0 atom stereocenters. The average molecular weight is 360 g/mol. The number of hydrogen-bond acceptors (Lipinski definition) is 7. The van der Waals surface area contributed by atoms with E-state index in [9.17, 15) is 5.11 Å². The Hall–Kier alpha value is -3.19. The lowest BCUT2D eigenvalue weighted by Gasteiger charge is -2.18. The Morgan fingerprint density at radius 3 is 2.44 bits per heavy atom. The number of pyridine rings is 2. The van der Waals surface area contributed by atoms with Gasteiger partial charge in [-0.2, -0.15) is 4.98 Å². The second-order valence-electron chi connectivity index (χ2n) is 6.40. The zero-order valence-electron chi connectivity index (χ0n) is 14.8. The summed E-state index contributed by atoms with van der Waals surface area (Å²) in [5.74, 6) is 1.68. The molecule has 1 aliphatic rings. The Labute approximate surface area is 157 Å². The summed E-state index contributed by atoms with van der Waals surface area (Å²) in [5, 5.41) is 12.8. The van der Waals surface area contributed by atoms with Crippen molar-refractivity contribution in [2.24, 2.45) is 4.99 Å². The van der Waals surface area contributed by atoms with Gasteiger partial charge in [0.15, 0.2) is 5.82 Å². The molecule has 3 heterocycles. The third kappa shape index (κ3) is 4.32. The second-order valence-corrected chi connectivity index (χ2v) is 6.40. The molecule has 1 aliphatic carbocycles. The second kappa shape index (κ2) is 8.01. The van der Waals surface area contributed by atoms with E-state index < -0.39 is 0 Å². The highest BCUT2D eigenvalue weighted by Gasteiger charge is 2.17. The molecular formula is C20H20N6O. The van der Waals surface area contributed by atoms with Crippen molar-refractivity contribution in [2.45, 2.75) is 31.8 Å². The van der Waals surface area contributed by atoms with Crippen molar-refractivity contribution in [3.8, 4) is 11.3 Å². The highest BCUT2D eigenvalue weighted by molar-refractivity contribution is 5.89. The molecule has 3 aromatic heterocycles. The van der Waals surface area contributed by atoms with Gasteiger partial charge < -0.3 is 10.4 Å². The van der Waals surface area contributed by atoms with Crippen molar-refractivity contribution in [1.82, 2.24) is 19.9 Å². The van der Waals surface area contributed by atoms with Crippen molar-refractivity contribution >= 4 is 23.3 Å². The number of aliphatic hydroxyl groups is 1. The van der Waals surface area contributed by atoms with Gasteiger partial charge in [0.25, 0.3) is 0 Å². The van der Waals surface area contributed by atoms with Crippen LogP contribution in [0.2, 0.25) is 0 Å². The van der Waals surface area contributed by atoms with Crippen LogP contribution in [-0.2, 0) is 0 Å². The van der Waals surface area contributed by atoms with E-state index in [1.165, 1.54) is 0 Å². The summed E-state index contributed by atoms with van der Waals surface area (Å²) in [7, 11) is 0. The Morgan fingerprint density at radius 1 is 0.963 bits per heavy atom. The van der Waals surface area contributed by atoms with E-state index in [0.29, 0.717) is 17.6 Å². The van der Waals surface area contributed by atoms with Crippen LogP contribution < -0.4 is 5.32 Å². The molecular weight excluding hydrogens is 340 g/mol. The Morgan fingerprint density at radius 2 is 1.74 bits per heavy atom. The van der Waals surface area contributed by atoms with Gasteiger partial charge in [0.1, 0.15) is 5.82 Å². The smallest absolute Gasteiger partial charge is 0.230 e. The molecule has 1 fully saturated rings. The quantitative estimate of drug-likeness (QED) is 0.737. The number of hydrogen-bond donors (Lipinski definition) is 2. The largest absolute Gasteiger partial charge is 0.393 e. The first-order valence-corrected chi connectivity index (χ1v) is 8.99. The predicted molar refractivity (Wildman–Crippen MR) is 104 cm³/mol. The van der Waals surface area contributed by atoms with E-state index in [2.05, 4.69) is 25.3 Å². The van der Waals surface area contributed by atoms with E-state index in [-0.39, 0.29) is 6.10 Å². The number of aliphatic hydroxyl groups excluding tert-OH is 1. The van der Waals surface area contributed by atoms with Crippen molar-refractivity contribution in [3.63, 3.8) is 0 Å². The first kappa shape index (κ1) is 17.2. The summed E-state index contributed by atoms with van der Waals surface area (Å²) in [5.41, 5.74) is 2.60. The Kier molecular flexibility index (Phi) is 5.11. The Balaban J connectivity index is 1.70. The summed E-state index contributed by atoms with van der Waals surface area (Å²) in [6, 6.07) is 11.3. The summed E-state index contributed by atoms with van der Waals surface area (Å²) in [4.78, 5) is 22.4. The molecule has 7 heteroatoms. The topological polar surface area (TPSA) is 96.2 Å². The van der Waals surface area contributed by atoms with E-state index >= 15 is 0 Å². The number of aromatic nitrogens is 4. The zero-order chi connectivity index (χ0) is 18.5. The first-order valence-electron chi connectivity index (χ1n) is 8.99. The highest BCUT2D eigenvalue weighted by Crippen LogP contribution is 2.29. The number of aliphatic imine (C=N–C) groups is 1. The average Bonchev–Trinajstić information content (AvgIpc) is 2.71. The molecule has 0 saturated heterocycles. The van der Waals surface area contributed by atoms with Crippen LogP contribution in [0.5, 0.6) is 0 Å². The van der Waals surface area contributed by atoms with Gasteiger partial charge in [-0.05, 0) is 49.9 Å². The van der Waals surface area contributed by atoms with Gasteiger partial charge in [0.05, 0.1) is 17.4 Å². The van der Waals surface area contributed by atoms with Gasteiger partial charge in [0.2, 0.25) is 5.95 Å². The summed E-state index contributed by atoms with van der Waals surface area (Å²) >= 11 is 0. The maximum atomic E-state index is 9.73. The molecule has 0 spiro atoms. The van der Waals surface area contributed by atoms with Crippen LogP contribution in [0, 0.1) is 0 Å². The van der Waals surface area contributed by atoms with Crippen molar-refractivity contribution in [2.75, 3.05) is 5.32 Å². The fraction of sp³-hybridized carbons (Fsp3) is 0.250. The van der Waals surface area contributed by atoms with E-state index in [0.717, 1.165) is 42.7 Å². The molecule has 0 aromatic carbocycles. The van der Waals surface area contributed by atoms with Crippen molar-refractivity contribution in [3.05, 3.63) is 55.0 Å². The van der Waals surface area contributed by atoms with Crippen LogP contribution in [0.15, 0.2) is 60.0 Å². The summed E-state index contributed by atoms with van der Waals surface area (Å²) in [6.07, 6.45) is 7.97. The maximum absolute atomic E-state index is 9.73. The van der Waals surface area contributed by atoms with Crippen LogP contribution in [0.1, 0.15) is 25.7 Å². The molecule has 2 N–H and O–H groups in total. The van der Waals surface area contributed by atoms with E-state index in [1.54, 1.807) is 18.6 Å². The molecule has 3 aromatic rings. The lowest BCUT2D eigenvalue weighted by molar-refractivity contribution is 0.152. The summed E-state index contributed by atoms with van der Waals surface area (Å²) in [6.45, 7) is 0. The van der Waals surface area contributed by atoms with E-state index in [4.69, 9.17) is 4.99 Å². The van der Waals surface area contributed by atoms with Gasteiger partial charge in [-0.1, -0.05) is 12.1 Å². The molecule has 0 unspecified atom stereocenters. The molecule has 0 amide bonds. The normalized spacial score (nSPS) is 16.8. The van der Waals surface area contributed by atoms with Gasteiger partial charge in [-0.25, -0.2) is 15.0 Å². The molecule has 27 heavy (non-hydrogen) atoms. The first-order chi connectivity index (χ1) is 13.3. The number of rotatable bonds is 4. The van der Waals surface area contributed by atoms with Crippen molar-refractivity contribution < 1.29 is 5.11 Å². The van der Waals surface area contributed by atoms with Gasteiger partial charge in [-0.3, -0.25) is 4.98 Å². The molecule has 4 rings (SSSR count). The number of anilines is 2. The monoisotopic (exact) mass is 360 g/mol. The fourth-order valence-corrected chi connectivity index (χ4v) is 2.97. The third-order valence-electron chi connectivity index (χ3n) is 4.41. The molecule has 0 aliphatic heterocycles. The molecule has 7 nitrogen and oxygen atoms in total. The maximum Gasteiger partial charge on any atom is 0.230 e.